The van der Waals surface area contributed by atoms with E-state index in [0.29, 0.717) is 32.8 Å². The van der Waals surface area contributed by atoms with E-state index in [-0.39, 0.29) is 0 Å². The van der Waals surface area contributed by atoms with Crippen molar-refractivity contribution in [1.29, 1.82) is 0 Å². The summed E-state index contributed by atoms with van der Waals surface area (Å²) in [5.74, 6) is 1.31. The van der Waals surface area contributed by atoms with Crippen LogP contribution in [-0.2, 0) is 0 Å². The number of H-pyrrole nitrogens is 1. The second kappa shape index (κ2) is 7.82. The van der Waals surface area contributed by atoms with Gasteiger partial charge in [-0.1, -0.05) is 41.4 Å². The third-order valence-corrected chi connectivity index (χ3v) is 4.28. The number of aromatic nitrogens is 3. The molecular formula is C17H14Cl2N4OS. The van der Waals surface area contributed by atoms with Gasteiger partial charge in [-0.15, -0.1) is 0 Å². The molecule has 128 valence electrons. The molecule has 1 heterocycles. The van der Waals surface area contributed by atoms with Gasteiger partial charge in [-0.3, -0.25) is 0 Å². The number of nitrogens with zero attached hydrogens (tertiary/aromatic N) is 3. The Morgan fingerprint density at radius 1 is 1.24 bits per heavy atom. The molecule has 1 aromatic heterocycles. The third-order valence-electron chi connectivity index (χ3n) is 3.36. The van der Waals surface area contributed by atoms with Crippen molar-refractivity contribution in [2.45, 2.75) is 6.92 Å². The molecule has 0 aliphatic carbocycles. The van der Waals surface area contributed by atoms with Gasteiger partial charge >= 0.3 is 0 Å². The maximum absolute atomic E-state index is 6.17. The average molecular weight is 393 g/mol. The van der Waals surface area contributed by atoms with Crippen LogP contribution < -0.4 is 4.74 Å². The molecule has 8 heteroatoms. The molecule has 1 N–H and O–H groups in total. The minimum absolute atomic E-state index is 0.358. The van der Waals surface area contributed by atoms with Crippen molar-refractivity contribution in [2.24, 2.45) is 5.10 Å². The normalized spacial score (nSPS) is 11.2. The molecule has 0 bridgehead atoms. The Morgan fingerprint density at radius 3 is 2.68 bits per heavy atom. The Hall–Kier alpha value is -2.15. The zero-order valence-corrected chi connectivity index (χ0v) is 15.6. The first kappa shape index (κ1) is 17.7. The predicted molar refractivity (Wildman–Crippen MR) is 103 cm³/mol. The molecule has 0 saturated carbocycles. The molecule has 0 atom stereocenters. The first-order chi connectivity index (χ1) is 12.1. The van der Waals surface area contributed by atoms with Crippen LogP contribution in [0.5, 0.6) is 5.75 Å². The number of rotatable bonds is 5. The lowest BCUT2D eigenvalue weighted by atomic mass is 10.2. The zero-order chi connectivity index (χ0) is 17.8. The number of halogens is 2. The fraction of sp³-hybridized carbons (Fsp3) is 0.118. The number of hydrogen-bond donors (Lipinski definition) is 1. The minimum atomic E-state index is 0.358. The number of ether oxygens (including phenoxy) is 1. The number of hydrogen-bond acceptors (Lipinski definition) is 4. The average Bonchev–Trinajstić information content (AvgIpc) is 2.96. The van der Waals surface area contributed by atoms with Crippen LogP contribution in [0.2, 0.25) is 10.0 Å². The van der Waals surface area contributed by atoms with E-state index in [1.165, 1.54) is 4.68 Å². The summed E-state index contributed by atoms with van der Waals surface area (Å²) in [5.41, 5.74) is 1.43. The van der Waals surface area contributed by atoms with Crippen LogP contribution in [0.15, 0.2) is 47.6 Å². The molecule has 3 aromatic rings. The Bertz CT molecular complexity index is 961. The molecule has 0 unspecified atom stereocenters. The number of benzene rings is 2. The van der Waals surface area contributed by atoms with Crippen LogP contribution in [0.1, 0.15) is 12.5 Å². The van der Waals surface area contributed by atoms with E-state index in [9.17, 15) is 0 Å². The maximum atomic E-state index is 6.17. The molecule has 2 aromatic carbocycles. The first-order valence-corrected chi connectivity index (χ1v) is 8.65. The SMILES string of the molecule is CCOc1cccc(-c2n[nH]c(=S)n2/N=C\c2c(Cl)cccc2Cl)c1. The predicted octanol–water partition coefficient (Wildman–Crippen LogP) is 5.20. The summed E-state index contributed by atoms with van der Waals surface area (Å²) in [7, 11) is 0. The maximum Gasteiger partial charge on any atom is 0.216 e. The highest BCUT2D eigenvalue weighted by Crippen LogP contribution is 2.24. The van der Waals surface area contributed by atoms with Crippen molar-refractivity contribution in [3.8, 4) is 17.1 Å². The van der Waals surface area contributed by atoms with Crippen molar-refractivity contribution in [1.82, 2.24) is 14.9 Å². The van der Waals surface area contributed by atoms with E-state index in [4.69, 9.17) is 40.2 Å². The standard InChI is InChI=1S/C17H14Cl2N4OS/c1-2-24-12-6-3-5-11(9-12)16-21-22-17(25)23(16)20-10-13-14(18)7-4-8-15(13)19/h3-10H,2H2,1H3,(H,22,25)/b20-10-. The monoisotopic (exact) mass is 392 g/mol. The van der Waals surface area contributed by atoms with Gasteiger partial charge in [0.15, 0.2) is 5.82 Å². The number of nitrogens with one attached hydrogen (secondary N) is 1. The molecule has 0 amide bonds. The van der Waals surface area contributed by atoms with Gasteiger partial charge in [0.1, 0.15) is 5.75 Å². The minimum Gasteiger partial charge on any atom is -0.494 e. The zero-order valence-electron chi connectivity index (χ0n) is 13.2. The van der Waals surface area contributed by atoms with E-state index in [0.717, 1.165) is 11.3 Å². The van der Waals surface area contributed by atoms with Crippen LogP contribution in [0.4, 0.5) is 0 Å². The number of aromatic amines is 1. The Kier molecular flexibility index (Phi) is 5.53. The van der Waals surface area contributed by atoms with Crippen LogP contribution in [-0.4, -0.2) is 27.7 Å². The summed E-state index contributed by atoms with van der Waals surface area (Å²) in [6, 6.07) is 12.8. The smallest absolute Gasteiger partial charge is 0.216 e. The molecule has 3 rings (SSSR count). The van der Waals surface area contributed by atoms with Gasteiger partial charge in [0.2, 0.25) is 4.77 Å². The van der Waals surface area contributed by atoms with Crippen molar-refractivity contribution in [3.63, 3.8) is 0 Å². The molecular weight excluding hydrogens is 379 g/mol. The largest absolute Gasteiger partial charge is 0.494 e. The second-order valence-electron chi connectivity index (χ2n) is 5.00. The Morgan fingerprint density at radius 2 is 1.96 bits per heavy atom. The highest BCUT2D eigenvalue weighted by Gasteiger charge is 2.10. The molecule has 0 aliphatic heterocycles. The van der Waals surface area contributed by atoms with E-state index < -0.39 is 0 Å². The van der Waals surface area contributed by atoms with Crippen LogP contribution in [0.25, 0.3) is 11.4 Å². The summed E-state index contributed by atoms with van der Waals surface area (Å²) < 4.78 is 7.40. The summed E-state index contributed by atoms with van der Waals surface area (Å²) in [4.78, 5) is 0. The van der Waals surface area contributed by atoms with Crippen molar-refractivity contribution < 1.29 is 4.74 Å². The van der Waals surface area contributed by atoms with E-state index in [1.54, 1.807) is 24.4 Å². The van der Waals surface area contributed by atoms with Gasteiger partial charge in [0.25, 0.3) is 0 Å². The third kappa shape index (κ3) is 3.92. The van der Waals surface area contributed by atoms with E-state index >= 15 is 0 Å². The molecule has 0 saturated heterocycles. The second-order valence-corrected chi connectivity index (χ2v) is 6.21. The van der Waals surface area contributed by atoms with Crippen molar-refractivity contribution in [3.05, 3.63) is 62.8 Å². The van der Waals surface area contributed by atoms with Gasteiger partial charge in [0, 0.05) is 11.1 Å². The highest BCUT2D eigenvalue weighted by molar-refractivity contribution is 7.71. The first-order valence-electron chi connectivity index (χ1n) is 7.49. The lowest BCUT2D eigenvalue weighted by Crippen LogP contribution is -1.97. The van der Waals surface area contributed by atoms with Gasteiger partial charge < -0.3 is 4.74 Å². The van der Waals surface area contributed by atoms with Crippen LogP contribution >= 0.6 is 35.4 Å². The van der Waals surface area contributed by atoms with Crippen molar-refractivity contribution in [2.75, 3.05) is 6.61 Å². The molecule has 0 aliphatic rings. The molecule has 0 spiro atoms. The summed E-state index contributed by atoms with van der Waals surface area (Å²) in [6.45, 7) is 2.51. The molecule has 5 nitrogen and oxygen atoms in total. The fourth-order valence-corrected chi connectivity index (χ4v) is 2.90. The Balaban J connectivity index is 2.02. The summed E-state index contributed by atoms with van der Waals surface area (Å²) in [5, 5.41) is 12.4. The topological polar surface area (TPSA) is 55.2 Å². The summed E-state index contributed by atoms with van der Waals surface area (Å²) >= 11 is 17.6. The lowest BCUT2D eigenvalue weighted by molar-refractivity contribution is 0.340. The fourth-order valence-electron chi connectivity index (χ4n) is 2.23. The quantitative estimate of drug-likeness (QED) is 0.479. The Labute approximate surface area is 159 Å². The summed E-state index contributed by atoms with van der Waals surface area (Å²) in [6.07, 6.45) is 1.56. The van der Waals surface area contributed by atoms with Crippen LogP contribution in [0.3, 0.4) is 0 Å². The van der Waals surface area contributed by atoms with Crippen LogP contribution in [0, 0.1) is 4.77 Å². The highest BCUT2D eigenvalue weighted by atomic mass is 35.5. The van der Waals surface area contributed by atoms with Gasteiger partial charge in [-0.05, 0) is 43.4 Å². The van der Waals surface area contributed by atoms with Crippen molar-refractivity contribution >= 4 is 41.6 Å². The van der Waals surface area contributed by atoms with Gasteiger partial charge in [-0.25, -0.2) is 5.10 Å². The van der Waals surface area contributed by atoms with E-state index in [1.807, 2.05) is 31.2 Å². The molecule has 0 radical (unpaired) electrons. The molecule has 0 fully saturated rings. The van der Waals surface area contributed by atoms with E-state index in [2.05, 4.69) is 15.3 Å². The molecule has 25 heavy (non-hydrogen) atoms. The van der Waals surface area contributed by atoms with Gasteiger partial charge in [0.05, 0.1) is 22.9 Å². The van der Waals surface area contributed by atoms with Gasteiger partial charge in [-0.2, -0.15) is 14.9 Å². The lowest BCUT2D eigenvalue weighted by Gasteiger charge is -2.06.